The van der Waals surface area contributed by atoms with Crippen LogP contribution in [0.2, 0.25) is 0 Å². The third-order valence-electron chi connectivity index (χ3n) is 7.28. The summed E-state index contributed by atoms with van der Waals surface area (Å²) in [6.45, 7) is 5.76. The molecule has 2 heterocycles. The molecule has 0 aromatic heterocycles. The molecule has 2 aliphatic heterocycles. The Morgan fingerprint density at radius 1 is 0.821 bits per heavy atom. The molecule has 0 saturated carbocycles. The smallest absolute Gasteiger partial charge is 0.271 e. The van der Waals surface area contributed by atoms with E-state index in [1.54, 1.807) is 17.8 Å². The SMILES string of the molecule is CC(=O)C1=NN(c2cccc([N+](=O)[O-])c2)[C@]2(S1)SC(c1ccccc1C)(c1ccccc1C)c1ccccc12. The van der Waals surface area contributed by atoms with Gasteiger partial charge >= 0.3 is 0 Å². The number of anilines is 1. The van der Waals surface area contributed by atoms with Gasteiger partial charge < -0.3 is 0 Å². The van der Waals surface area contributed by atoms with E-state index in [4.69, 9.17) is 5.10 Å². The van der Waals surface area contributed by atoms with Crippen molar-refractivity contribution < 1.29 is 9.72 Å². The Morgan fingerprint density at radius 3 is 1.95 bits per heavy atom. The van der Waals surface area contributed by atoms with Gasteiger partial charge in [-0.15, -0.1) is 0 Å². The quantitative estimate of drug-likeness (QED) is 0.189. The van der Waals surface area contributed by atoms with E-state index in [-0.39, 0.29) is 11.5 Å². The highest BCUT2D eigenvalue weighted by Gasteiger charge is 2.62. The van der Waals surface area contributed by atoms with Crippen molar-refractivity contribution >= 4 is 45.7 Å². The number of Topliss-reactive ketones (excluding diaryl/α,β-unsaturated/α-hetero) is 1. The normalized spacial score (nSPS) is 19.2. The number of nitrogens with zero attached hydrogens (tertiary/aromatic N) is 3. The maximum absolute atomic E-state index is 12.8. The molecule has 194 valence electrons. The van der Waals surface area contributed by atoms with Gasteiger partial charge in [0.2, 0.25) is 0 Å². The number of hydrogen-bond donors (Lipinski definition) is 0. The van der Waals surface area contributed by atoms with Crippen LogP contribution in [0.3, 0.4) is 0 Å². The summed E-state index contributed by atoms with van der Waals surface area (Å²) in [6.07, 6.45) is 0. The number of ketones is 1. The molecule has 0 N–H and O–H groups in total. The van der Waals surface area contributed by atoms with E-state index in [0.29, 0.717) is 10.7 Å². The van der Waals surface area contributed by atoms with Crippen molar-refractivity contribution in [3.8, 4) is 0 Å². The molecule has 0 bridgehead atoms. The second-order valence-corrected chi connectivity index (χ2v) is 12.5. The number of aryl methyl sites for hydroxylation is 2. The van der Waals surface area contributed by atoms with Crippen LogP contribution in [0.25, 0.3) is 0 Å². The topological polar surface area (TPSA) is 75.8 Å². The number of carbonyl (C=O) groups excluding carboxylic acids is 1. The van der Waals surface area contributed by atoms with Crippen molar-refractivity contribution in [2.45, 2.75) is 29.7 Å². The molecule has 0 amide bonds. The van der Waals surface area contributed by atoms with Gasteiger partial charge in [0.25, 0.3) is 5.69 Å². The van der Waals surface area contributed by atoms with E-state index in [0.717, 1.165) is 33.4 Å². The molecule has 4 aromatic carbocycles. The predicted octanol–water partition coefficient (Wildman–Crippen LogP) is 7.52. The van der Waals surface area contributed by atoms with Gasteiger partial charge in [-0.05, 0) is 47.7 Å². The highest BCUT2D eigenvalue weighted by atomic mass is 32.2. The molecular formula is C31H25N3O3S2. The Morgan fingerprint density at radius 2 is 1.38 bits per heavy atom. The first-order valence-corrected chi connectivity index (χ1v) is 14.2. The van der Waals surface area contributed by atoms with Crippen molar-refractivity contribution in [1.82, 2.24) is 0 Å². The van der Waals surface area contributed by atoms with Crippen LogP contribution in [0.15, 0.2) is 102 Å². The highest BCUT2D eigenvalue weighted by Crippen LogP contribution is 2.71. The van der Waals surface area contributed by atoms with Gasteiger partial charge in [0.05, 0.1) is 15.4 Å². The Hall–Kier alpha value is -3.88. The first-order chi connectivity index (χ1) is 18.8. The number of nitro benzene ring substituents is 1. The van der Waals surface area contributed by atoms with Crippen LogP contribution < -0.4 is 5.01 Å². The molecule has 6 nitrogen and oxygen atoms in total. The fourth-order valence-electron chi connectivity index (χ4n) is 5.56. The molecule has 6 rings (SSSR count). The Bertz CT molecular complexity index is 1640. The number of non-ortho nitro benzene ring substituents is 1. The van der Waals surface area contributed by atoms with Gasteiger partial charge in [-0.2, -0.15) is 5.10 Å². The van der Waals surface area contributed by atoms with E-state index in [9.17, 15) is 14.9 Å². The summed E-state index contributed by atoms with van der Waals surface area (Å²) in [4.78, 5) is 24.0. The van der Waals surface area contributed by atoms with Gasteiger partial charge in [0.15, 0.2) is 15.0 Å². The van der Waals surface area contributed by atoms with Gasteiger partial charge in [-0.25, -0.2) is 5.01 Å². The highest BCUT2D eigenvalue weighted by molar-refractivity contribution is 8.27. The average molecular weight is 552 g/mol. The Kier molecular flexibility index (Phi) is 6.12. The molecule has 0 fully saturated rings. The van der Waals surface area contributed by atoms with Crippen LogP contribution >= 0.6 is 23.5 Å². The molecule has 1 atom stereocenters. The first-order valence-electron chi connectivity index (χ1n) is 12.5. The Balaban J connectivity index is 1.68. The largest absolute Gasteiger partial charge is 0.292 e. The molecule has 4 aromatic rings. The molecule has 0 unspecified atom stereocenters. The lowest BCUT2D eigenvalue weighted by molar-refractivity contribution is -0.384. The summed E-state index contributed by atoms with van der Waals surface area (Å²) >= 11 is 3.13. The summed E-state index contributed by atoms with van der Waals surface area (Å²) in [5, 5.41) is 18.7. The van der Waals surface area contributed by atoms with E-state index < -0.39 is 13.9 Å². The fourth-order valence-corrected chi connectivity index (χ4v) is 9.29. The van der Waals surface area contributed by atoms with Crippen LogP contribution in [0.5, 0.6) is 0 Å². The minimum absolute atomic E-state index is 0.0283. The summed E-state index contributed by atoms with van der Waals surface area (Å²) in [7, 11) is 0. The van der Waals surface area contributed by atoms with Crippen LogP contribution in [0, 0.1) is 24.0 Å². The zero-order chi connectivity index (χ0) is 27.4. The molecule has 0 radical (unpaired) electrons. The van der Waals surface area contributed by atoms with Crippen LogP contribution in [0.1, 0.15) is 40.3 Å². The number of benzene rings is 4. The van der Waals surface area contributed by atoms with Crippen LogP contribution in [-0.4, -0.2) is 15.8 Å². The Labute approximate surface area is 235 Å². The fraction of sp³-hybridized carbons (Fsp3) is 0.161. The average Bonchev–Trinajstić information content (AvgIpc) is 3.46. The summed E-state index contributed by atoms with van der Waals surface area (Å²) in [5.41, 5.74) is 7.27. The second-order valence-electron chi connectivity index (χ2n) is 9.69. The van der Waals surface area contributed by atoms with Gasteiger partial charge in [-0.3, -0.25) is 14.9 Å². The van der Waals surface area contributed by atoms with E-state index >= 15 is 0 Å². The number of hydrazone groups is 1. The van der Waals surface area contributed by atoms with Crippen molar-refractivity contribution in [2.24, 2.45) is 5.10 Å². The van der Waals surface area contributed by atoms with Gasteiger partial charge in [0.1, 0.15) is 0 Å². The zero-order valence-corrected chi connectivity index (χ0v) is 23.3. The number of thioether (sulfide) groups is 2. The lowest BCUT2D eigenvalue weighted by Gasteiger charge is -2.38. The van der Waals surface area contributed by atoms with Crippen molar-refractivity contribution in [3.05, 3.63) is 141 Å². The van der Waals surface area contributed by atoms with E-state index in [1.165, 1.54) is 30.8 Å². The maximum atomic E-state index is 12.8. The van der Waals surface area contributed by atoms with E-state index in [2.05, 4.69) is 62.4 Å². The van der Waals surface area contributed by atoms with Crippen molar-refractivity contribution in [3.63, 3.8) is 0 Å². The molecule has 8 heteroatoms. The van der Waals surface area contributed by atoms with E-state index in [1.807, 2.05) is 35.3 Å². The molecule has 0 aliphatic carbocycles. The van der Waals surface area contributed by atoms with Crippen molar-refractivity contribution in [1.29, 1.82) is 0 Å². The second kappa shape index (κ2) is 9.39. The molecule has 2 aliphatic rings. The number of fused-ring (bicyclic) bond motifs is 2. The maximum Gasteiger partial charge on any atom is 0.271 e. The van der Waals surface area contributed by atoms with Gasteiger partial charge in [0, 0.05) is 24.6 Å². The molecule has 1 spiro atoms. The molecular weight excluding hydrogens is 526 g/mol. The van der Waals surface area contributed by atoms with Gasteiger partial charge in [-0.1, -0.05) is 102 Å². The minimum atomic E-state index is -0.878. The number of carbonyl (C=O) groups is 1. The lowest BCUT2D eigenvalue weighted by Crippen LogP contribution is -2.34. The zero-order valence-electron chi connectivity index (χ0n) is 21.6. The van der Waals surface area contributed by atoms with Crippen LogP contribution in [0.4, 0.5) is 11.4 Å². The summed E-state index contributed by atoms with van der Waals surface area (Å²) < 4.78 is -1.50. The lowest BCUT2D eigenvalue weighted by atomic mass is 9.79. The molecule has 39 heavy (non-hydrogen) atoms. The number of rotatable bonds is 5. The first kappa shape index (κ1) is 25.4. The number of nitro groups is 1. The predicted molar refractivity (Wildman–Crippen MR) is 159 cm³/mol. The summed E-state index contributed by atoms with van der Waals surface area (Å²) in [5.74, 6) is -0.144. The number of hydrogen-bond acceptors (Lipinski definition) is 7. The molecule has 0 saturated heterocycles. The van der Waals surface area contributed by atoms with Crippen molar-refractivity contribution in [2.75, 3.05) is 5.01 Å². The van der Waals surface area contributed by atoms with Crippen LogP contribution in [-0.2, 0) is 13.7 Å². The standard InChI is InChI=1S/C31H25N3O3S2/c1-20-11-4-6-15-25(20)30(26-16-7-5-12-21(26)2)27-17-8-9-18-28(27)31(39-30)33(32-29(38-31)22(3)35)23-13-10-14-24(19-23)34(36)37/h4-19H,1-3H3/t31-/m1/s1. The third-order valence-corrected chi connectivity index (χ3v) is 10.6. The third kappa shape index (κ3) is 3.81. The monoisotopic (exact) mass is 551 g/mol. The summed E-state index contributed by atoms with van der Waals surface area (Å²) in [6, 6.07) is 31.6. The minimum Gasteiger partial charge on any atom is -0.292 e.